The van der Waals surface area contributed by atoms with Crippen molar-refractivity contribution in [3.63, 3.8) is 0 Å². The maximum Gasteiger partial charge on any atom is 0.341 e. The van der Waals surface area contributed by atoms with E-state index in [2.05, 4.69) is 31.0 Å². The number of halogens is 1. The average Bonchev–Trinajstić information content (AvgIpc) is 2.74. The molecule has 0 aliphatic carbocycles. The summed E-state index contributed by atoms with van der Waals surface area (Å²) in [7, 11) is 0. The fraction of sp³-hybridized carbons (Fsp3) is 0. The van der Waals surface area contributed by atoms with Crippen molar-refractivity contribution in [2.24, 2.45) is 0 Å². The number of nitrogens with zero attached hydrogens (tertiary/aromatic N) is 2. The monoisotopic (exact) mass is 254 g/mol. The predicted octanol–water partition coefficient (Wildman–Crippen LogP) is -0.0967. The quantitative estimate of drug-likeness (QED) is 0.571. The van der Waals surface area contributed by atoms with Gasteiger partial charge in [-0.05, 0) is 12.1 Å². The molecule has 4 N–H and O–H groups in total. The van der Waals surface area contributed by atoms with Crippen LogP contribution >= 0.6 is 11.6 Å². The smallest absolute Gasteiger partial charge is 0.285 e. The van der Waals surface area contributed by atoms with Crippen LogP contribution in [0.4, 0.5) is 5.82 Å². The largest absolute Gasteiger partial charge is 0.341 e. The van der Waals surface area contributed by atoms with E-state index in [9.17, 15) is 9.59 Å². The van der Waals surface area contributed by atoms with E-state index in [1.54, 1.807) is 12.1 Å². The summed E-state index contributed by atoms with van der Waals surface area (Å²) in [6, 6.07) is 3.26. The number of hydrazine groups is 1. The lowest BCUT2D eigenvalue weighted by molar-refractivity contribution is 0.0952. The molecule has 0 aliphatic rings. The maximum absolute atomic E-state index is 11.4. The van der Waals surface area contributed by atoms with Gasteiger partial charge in [0.05, 0.1) is 5.02 Å². The number of carbonyl (C=O) groups is 1. The molecule has 1 amide bonds. The van der Waals surface area contributed by atoms with Crippen LogP contribution in [0.1, 0.15) is 10.6 Å². The molecule has 0 saturated carbocycles. The second-order valence-corrected chi connectivity index (χ2v) is 3.35. The molecule has 0 radical (unpaired) electrons. The van der Waals surface area contributed by atoms with Gasteiger partial charge < -0.3 is 0 Å². The summed E-state index contributed by atoms with van der Waals surface area (Å²) in [4.78, 5) is 28.3. The van der Waals surface area contributed by atoms with Gasteiger partial charge in [-0.2, -0.15) is 0 Å². The molecule has 0 aromatic carbocycles. The van der Waals surface area contributed by atoms with Crippen LogP contribution in [0, 0.1) is 0 Å². The van der Waals surface area contributed by atoms with Gasteiger partial charge in [-0.1, -0.05) is 11.6 Å². The fourth-order valence-corrected chi connectivity index (χ4v) is 1.20. The van der Waals surface area contributed by atoms with E-state index in [4.69, 9.17) is 11.6 Å². The number of rotatable bonds is 3. The summed E-state index contributed by atoms with van der Waals surface area (Å²) in [5.41, 5.74) is 4.22. The minimum Gasteiger partial charge on any atom is -0.285 e. The molecule has 2 rings (SSSR count). The molecule has 0 saturated heterocycles. The molecule has 8 nitrogen and oxygen atoms in total. The number of amides is 1. The molecule has 2 aromatic rings. The molecule has 0 unspecified atom stereocenters. The Morgan fingerprint density at radius 3 is 2.94 bits per heavy atom. The summed E-state index contributed by atoms with van der Waals surface area (Å²) in [5.74, 6) is -0.472. The Balaban J connectivity index is 2.02. The minimum absolute atomic E-state index is 0.144. The highest BCUT2D eigenvalue weighted by Crippen LogP contribution is 2.15. The van der Waals surface area contributed by atoms with Gasteiger partial charge in [0.1, 0.15) is 0 Å². The third kappa shape index (κ3) is 2.61. The Kier molecular flexibility index (Phi) is 3.06. The number of aromatic amines is 2. The Morgan fingerprint density at radius 2 is 2.29 bits per heavy atom. The molecule has 9 heteroatoms. The standard InChI is InChI=1S/C8H7ClN6O2/c9-4-2-1-3-10-5(4)12-14-7(16)6-11-8(17)15-13-6/h1-3H,(H,10,12)(H,14,16)(H2,11,13,15,17). The fourth-order valence-electron chi connectivity index (χ4n) is 1.03. The molecular formula is C8H7ClN6O2. The zero-order chi connectivity index (χ0) is 12.3. The molecule has 0 atom stereocenters. The van der Waals surface area contributed by atoms with Crippen molar-refractivity contribution in [1.82, 2.24) is 25.6 Å². The number of carbonyl (C=O) groups excluding carboxylic acids is 1. The van der Waals surface area contributed by atoms with Gasteiger partial charge in [0.2, 0.25) is 5.82 Å². The van der Waals surface area contributed by atoms with Crippen LogP contribution in [0.2, 0.25) is 5.02 Å². The van der Waals surface area contributed by atoms with Crippen molar-refractivity contribution in [2.45, 2.75) is 0 Å². The Bertz CT molecular complexity index is 591. The zero-order valence-corrected chi connectivity index (χ0v) is 9.08. The first-order valence-corrected chi connectivity index (χ1v) is 4.86. The van der Waals surface area contributed by atoms with Gasteiger partial charge in [-0.15, -0.1) is 5.10 Å². The van der Waals surface area contributed by atoms with Gasteiger partial charge in [-0.3, -0.25) is 20.6 Å². The third-order valence-corrected chi connectivity index (χ3v) is 2.07. The number of hydrogen-bond donors (Lipinski definition) is 4. The Morgan fingerprint density at radius 1 is 1.47 bits per heavy atom. The van der Waals surface area contributed by atoms with E-state index in [0.717, 1.165) is 0 Å². The third-order valence-electron chi connectivity index (χ3n) is 1.77. The zero-order valence-electron chi connectivity index (χ0n) is 8.32. The average molecular weight is 255 g/mol. The van der Waals surface area contributed by atoms with Crippen molar-refractivity contribution < 1.29 is 4.79 Å². The molecule has 2 aromatic heterocycles. The second kappa shape index (κ2) is 4.66. The number of nitrogens with one attached hydrogen (secondary N) is 4. The van der Waals surface area contributed by atoms with E-state index < -0.39 is 11.6 Å². The van der Waals surface area contributed by atoms with E-state index in [1.807, 2.05) is 0 Å². The van der Waals surface area contributed by atoms with Gasteiger partial charge in [-0.25, -0.2) is 14.9 Å². The van der Waals surface area contributed by atoms with E-state index in [0.29, 0.717) is 10.8 Å². The Labute approximate surface area is 99.4 Å². The van der Waals surface area contributed by atoms with Gasteiger partial charge in [0.25, 0.3) is 0 Å². The van der Waals surface area contributed by atoms with Gasteiger partial charge >= 0.3 is 11.6 Å². The molecule has 0 fully saturated rings. The van der Waals surface area contributed by atoms with Crippen molar-refractivity contribution in [1.29, 1.82) is 0 Å². The number of H-pyrrole nitrogens is 2. The first kappa shape index (κ1) is 11.1. The molecular weight excluding hydrogens is 248 g/mol. The number of aromatic nitrogens is 4. The molecule has 2 heterocycles. The van der Waals surface area contributed by atoms with Crippen LogP contribution in [-0.2, 0) is 0 Å². The van der Waals surface area contributed by atoms with Gasteiger partial charge in [0.15, 0.2) is 5.82 Å². The minimum atomic E-state index is -0.620. The second-order valence-electron chi connectivity index (χ2n) is 2.94. The summed E-state index contributed by atoms with van der Waals surface area (Å²) in [6.07, 6.45) is 1.51. The lowest BCUT2D eigenvalue weighted by Gasteiger charge is -2.06. The summed E-state index contributed by atoms with van der Waals surface area (Å²) < 4.78 is 0. The topological polar surface area (TPSA) is 116 Å². The summed E-state index contributed by atoms with van der Waals surface area (Å²) in [6.45, 7) is 0. The molecule has 88 valence electrons. The lowest BCUT2D eigenvalue weighted by atomic mass is 10.5. The highest BCUT2D eigenvalue weighted by atomic mass is 35.5. The maximum atomic E-state index is 11.4. The normalized spacial score (nSPS) is 9.94. The highest BCUT2D eigenvalue weighted by molar-refractivity contribution is 6.32. The van der Waals surface area contributed by atoms with Crippen LogP contribution < -0.4 is 16.5 Å². The van der Waals surface area contributed by atoms with Crippen LogP contribution in [-0.4, -0.2) is 26.1 Å². The van der Waals surface area contributed by atoms with Crippen molar-refractivity contribution in [3.05, 3.63) is 39.7 Å². The molecule has 0 bridgehead atoms. The summed E-state index contributed by atoms with van der Waals surface area (Å²) in [5, 5.41) is 5.87. The number of pyridine rings is 1. The molecule has 0 spiro atoms. The highest BCUT2D eigenvalue weighted by Gasteiger charge is 2.10. The first-order chi connectivity index (χ1) is 8.16. The molecule has 17 heavy (non-hydrogen) atoms. The lowest BCUT2D eigenvalue weighted by Crippen LogP contribution is -2.31. The van der Waals surface area contributed by atoms with Crippen LogP contribution in [0.25, 0.3) is 0 Å². The van der Waals surface area contributed by atoms with Crippen molar-refractivity contribution in [3.8, 4) is 0 Å². The first-order valence-electron chi connectivity index (χ1n) is 4.48. The van der Waals surface area contributed by atoms with Crippen LogP contribution in [0.15, 0.2) is 23.1 Å². The van der Waals surface area contributed by atoms with E-state index >= 15 is 0 Å². The van der Waals surface area contributed by atoms with Crippen molar-refractivity contribution in [2.75, 3.05) is 5.43 Å². The predicted molar refractivity (Wildman–Crippen MR) is 59.5 cm³/mol. The van der Waals surface area contributed by atoms with Gasteiger partial charge in [0, 0.05) is 6.20 Å². The number of hydrogen-bond acceptors (Lipinski definition) is 5. The number of anilines is 1. The molecule has 0 aliphatic heterocycles. The van der Waals surface area contributed by atoms with Crippen LogP contribution in [0.5, 0.6) is 0 Å². The SMILES string of the molecule is O=C(NNc1ncccc1Cl)c1n[nH]c(=O)[nH]1. The Hall–Kier alpha value is -2.35. The van der Waals surface area contributed by atoms with Crippen LogP contribution in [0.3, 0.4) is 0 Å². The summed E-state index contributed by atoms with van der Waals surface area (Å²) >= 11 is 5.80. The van der Waals surface area contributed by atoms with E-state index in [-0.39, 0.29) is 5.82 Å². The van der Waals surface area contributed by atoms with E-state index in [1.165, 1.54) is 6.20 Å². The van der Waals surface area contributed by atoms with Crippen molar-refractivity contribution >= 4 is 23.3 Å².